The quantitative estimate of drug-likeness (QED) is 0.260. The molecule has 4 rings (SSSR count). The van der Waals surface area contributed by atoms with Crippen LogP contribution in [0.25, 0.3) is 28.5 Å². The summed E-state index contributed by atoms with van der Waals surface area (Å²) in [5.41, 5.74) is 6.54. The number of aromatic nitrogens is 2. The van der Waals surface area contributed by atoms with E-state index >= 15 is 0 Å². The number of benzene rings is 3. The monoisotopic (exact) mass is 417 g/mol. The van der Waals surface area contributed by atoms with Crippen LogP contribution in [0, 0.1) is 0 Å². The molecule has 0 aliphatic carbocycles. The lowest BCUT2D eigenvalue weighted by atomic mass is 10.1. The van der Waals surface area contributed by atoms with Crippen molar-refractivity contribution in [1.29, 1.82) is 0 Å². The molecule has 5 nitrogen and oxygen atoms in total. The highest BCUT2D eigenvalue weighted by molar-refractivity contribution is 6.30. The summed E-state index contributed by atoms with van der Waals surface area (Å²) in [6.45, 7) is 0.753. The Bertz CT molecular complexity index is 1230. The highest BCUT2D eigenvalue weighted by Crippen LogP contribution is 2.26. The van der Waals surface area contributed by atoms with Gasteiger partial charge in [-0.05, 0) is 54.0 Å². The molecular weight excluding hydrogens is 398 g/mol. The molecule has 0 atom stereocenters. The Balaban J connectivity index is 1.71. The molecule has 0 aliphatic rings. The van der Waals surface area contributed by atoms with Crippen molar-refractivity contribution < 1.29 is 10.0 Å². The second-order valence-electron chi connectivity index (χ2n) is 6.89. The molecule has 0 bridgehead atoms. The third-order valence-corrected chi connectivity index (χ3v) is 5.08. The largest absolute Gasteiger partial charge is 0.324 e. The van der Waals surface area contributed by atoms with E-state index in [4.69, 9.17) is 21.8 Å². The fourth-order valence-corrected chi connectivity index (χ4v) is 3.66. The minimum Gasteiger partial charge on any atom is -0.324 e. The number of aryl methyl sites for hydroxylation is 2. The second-order valence-corrected chi connectivity index (χ2v) is 7.33. The number of carbonyl (C=O) groups excluding carboxylic acids is 1. The molecule has 30 heavy (non-hydrogen) atoms. The van der Waals surface area contributed by atoms with Gasteiger partial charge in [0.1, 0.15) is 5.82 Å². The van der Waals surface area contributed by atoms with E-state index in [0.717, 1.165) is 51.5 Å². The first-order valence-electron chi connectivity index (χ1n) is 9.56. The lowest BCUT2D eigenvalue weighted by Crippen LogP contribution is -2.14. The molecule has 1 aromatic heterocycles. The summed E-state index contributed by atoms with van der Waals surface area (Å²) >= 11 is 6.14. The van der Waals surface area contributed by atoms with Gasteiger partial charge >= 0.3 is 0 Å². The molecule has 150 valence electrons. The number of amides is 1. The number of imidazole rings is 1. The number of carbonyl (C=O) groups is 1. The molecule has 0 fully saturated rings. The van der Waals surface area contributed by atoms with Gasteiger partial charge in [-0.2, -0.15) is 0 Å². The maximum absolute atomic E-state index is 11.3. The summed E-state index contributed by atoms with van der Waals surface area (Å²) in [5.74, 6) is 0.286. The van der Waals surface area contributed by atoms with Gasteiger partial charge < -0.3 is 4.57 Å². The van der Waals surface area contributed by atoms with E-state index in [1.54, 1.807) is 11.6 Å². The van der Waals surface area contributed by atoms with Crippen molar-refractivity contribution >= 4 is 34.6 Å². The van der Waals surface area contributed by atoms with Crippen molar-refractivity contribution in [3.63, 3.8) is 0 Å². The molecule has 1 amide bonds. The Morgan fingerprint density at radius 3 is 2.73 bits per heavy atom. The average molecular weight is 418 g/mol. The van der Waals surface area contributed by atoms with Gasteiger partial charge in [-0.3, -0.25) is 10.0 Å². The number of nitrogens with one attached hydrogen (secondary N) is 1. The zero-order valence-corrected chi connectivity index (χ0v) is 16.9. The van der Waals surface area contributed by atoms with Crippen LogP contribution >= 0.6 is 11.6 Å². The summed E-state index contributed by atoms with van der Waals surface area (Å²) in [4.78, 5) is 16.1. The van der Waals surface area contributed by atoms with Crippen LogP contribution in [-0.4, -0.2) is 20.7 Å². The van der Waals surface area contributed by atoms with Gasteiger partial charge in [0.05, 0.1) is 11.0 Å². The predicted octanol–water partition coefficient (Wildman–Crippen LogP) is 5.12. The van der Waals surface area contributed by atoms with E-state index in [1.807, 2.05) is 60.7 Å². The third kappa shape index (κ3) is 4.43. The molecule has 1 heterocycles. The van der Waals surface area contributed by atoms with Crippen LogP contribution in [0.5, 0.6) is 0 Å². The minimum atomic E-state index is -0.575. The average Bonchev–Trinajstić information content (AvgIpc) is 3.15. The molecule has 6 heteroatoms. The van der Waals surface area contributed by atoms with Gasteiger partial charge in [-0.1, -0.05) is 54.1 Å². The number of hydrogen-bond donors (Lipinski definition) is 2. The maximum atomic E-state index is 11.3. The molecule has 4 aromatic rings. The number of para-hydroxylation sites is 2. The van der Waals surface area contributed by atoms with Gasteiger partial charge in [0.2, 0.25) is 0 Å². The predicted molar refractivity (Wildman–Crippen MR) is 119 cm³/mol. The Labute approximate surface area is 179 Å². The zero-order chi connectivity index (χ0) is 20.9. The lowest BCUT2D eigenvalue weighted by Gasteiger charge is -2.10. The first kappa shape index (κ1) is 19.9. The lowest BCUT2D eigenvalue weighted by molar-refractivity contribution is -0.124. The molecule has 3 aromatic carbocycles. The SMILES string of the molecule is O=C(/C=C/c1cccc(-c2nc3ccccc3n2CCc2cccc(Cl)c2)c1)NO. The van der Waals surface area contributed by atoms with E-state index in [-0.39, 0.29) is 0 Å². The van der Waals surface area contributed by atoms with E-state index < -0.39 is 5.91 Å². The van der Waals surface area contributed by atoms with E-state index in [2.05, 4.69) is 16.7 Å². The van der Waals surface area contributed by atoms with Gasteiger partial charge in [-0.15, -0.1) is 0 Å². The van der Waals surface area contributed by atoms with Crippen molar-refractivity contribution in [3.8, 4) is 11.4 Å². The summed E-state index contributed by atoms with van der Waals surface area (Å²) in [5, 5.41) is 9.39. The topological polar surface area (TPSA) is 67.2 Å². The summed E-state index contributed by atoms with van der Waals surface area (Å²) in [6, 6.07) is 23.7. The van der Waals surface area contributed by atoms with Crippen molar-refractivity contribution in [2.75, 3.05) is 0 Å². The third-order valence-electron chi connectivity index (χ3n) is 4.85. The van der Waals surface area contributed by atoms with Gasteiger partial charge in [0, 0.05) is 23.2 Å². The number of fused-ring (bicyclic) bond motifs is 1. The molecule has 0 saturated carbocycles. The Morgan fingerprint density at radius 2 is 1.90 bits per heavy atom. The fraction of sp³-hybridized carbons (Fsp3) is 0.0833. The van der Waals surface area contributed by atoms with Crippen LogP contribution in [0.2, 0.25) is 5.02 Å². The van der Waals surface area contributed by atoms with Crippen LogP contribution < -0.4 is 5.48 Å². The summed E-state index contributed by atoms with van der Waals surface area (Å²) < 4.78 is 2.21. The number of halogens is 1. The van der Waals surface area contributed by atoms with Crippen LogP contribution in [-0.2, 0) is 17.8 Å². The Morgan fingerprint density at radius 1 is 1.07 bits per heavy atom. The Kier molecular flexibility index (Phi) is 5.93. The van der Waals surface area contributed by atoms with E-state index in [9.17, 15) is 4.79 Å². The fourth-order valence-electron chi connectivity index (χ4n) is 3.45. The van der Waals surface area contributed by atoms with Crippen molar-refractivity contribution in [3.05, 3.63) is 95.0 Å². The van der Waals surface area contributed by atoms with Crippen LogP contribution in [0.15, 0.2) is 78.9 Å². The second kappa shape index (κ2) is 8.95. The molecular formula is C24H20ClN3O2. The van der Waals surface area contributed by atoms with Crippen LogP contribution in [0.1, 0.15) is 11.1 Å². The van der Waals surface area contributed by atoms with Gasteiger partial charge in [-0.25, -0.2) is 10.5 Å². The van der Waals surface area contributed by atoms with Crippen LogP contribution in [0.4, 0.5) is 0 Å². The van der Waals surface area contributed by atoms with Crippen molar-refractivity contribution in [2.24, 2.45) is 0 Å². The molecule has 2 N–H and O–H groups in total. The van der Waals surface area contributed by atoms with Gasteiger partial charge in [0.25, 0.3) is 5.91 Å². The standard InChI is InChI=1S/C24H20ClN3O2/c25-20-8-4-6-18(16-20)13-14-28-22-10-2-1-9-21(22)26-24(28)19-7-3-5-17(15-19)11-12-23(29)27-30/h1-12,15-16,30H,13-14H2,(H,27,29)/b12-11+. The van der Waals surface area contributed by atoms with Gasteiger partial charge in [0.15, 0.2) is 0 Å². The van der Waals surface area contributed by atoms with Crippen molar-refractivity contribution in [1.82, 2.24) is 15.0 Å². The molecule has 0 spiro atoms. The number of hydroxylamine groups is 1. The first-order chi connectivity index (χ1) is 14.6. The molecule has 0 aliphatic heterocycles. The van der Waals surface area contributed by atoms with E-state index in [0.29, 0.717) is 0 Å². The number of rotatable bonds is 6. The van der Waals surface area contributed by atoms with Crippen LogP contribution in [0.3, 0.4) is 0 Å². The normalized spacial score (nSPS) is 11.3. The van der Waals surface area contributed by atoms with Crippen molar-refractivity contribution in [2.45, 2.75) is 13.0 Å². The minimum absolute atomic E-state index is 0.575. The Hall–Kier alpha value is -3.41. The number of nitrogens with zero attached hydrogens (tertiary/aromatic N) is 2. The zero-order valence-electron chi connectivity index (χ0n) is 16.1. The smallest absolute Gasteiger partial charge is 0.267 e. The summed E-state index contributed by atoms with van der Waals surface area (Å²) in [6.07, 6.45) is 3.75. The molecule has 0 unspecified atom stereocenters. The first-order valence-corrected chi connectivity index (χ1v) is 9.94. The molecule has 0 radical (unpaired) electrons. The highest BCUT2D eigenvalue weighted by Gasteiger charge is 2.13. The number of hydrogen-bond acceptors (Lipinski definition) is 3. The van der Waals surface area contributed by atoms with E-state index in [1.165, 1.54) is 6.08 Å². The molecule has 0 saturated heterocycles. The summed E-state index contributed by atoms with van der Waals surface area (Å²) in [7, 11) is 0. The highest BCUT2D eigenvalue weighted by atomic mass is 35.5. The maximum Gasteiger partial charge on any atom is 0.267 e.